The number of benzene rings is 1. The summed E-state index contributed by atoms with van der Waals surface area (Å²) in [6.45, 7) is 5.71. The number of cyclic esters (lactones) is 1. The first-order valence-corrected chi connectivity index (χ1v) is 6.83. The quantitative estimate of drug-likeness (QED) is 0.613. The second-order valence-electron chi connectivity index (χ2n) is 6.46. The van der Waals surface area contributed by atoms with Crippen molar-refractivity contribution in [3.8, 4) is 0 Å². The van der Waals surface area contributed by atoms with Gasteiger partial charge in [-0.05, 0) is 26.3 Å². The van der Waals surface area contributed by atoms with Gasteiger partial charge in [-0.15, -0.1) is 0 Å². The first-order valence-electron chi connectivity index (χ1n) is 6.83. The van der Waals surface area contributed by atoms with E-state index in [2.05, 4.69) is 0 Å². The highest BCUT2D eigenvalue weighted by atomic mass is 16.6. The van der Waals surface area contributed by atoms with E-state index in [1.54, 1.807) is 20.8 Å². The molecule has 1 saturated heterocycles. The molecule has 0 amide bonds. The van der Waals surface area contributed by atoms with Crippen molar-refractivity contribution >= 4 is 11.9 Å². The van der Waals surface area contributed by atoms with E-state index in [-0.39, 0.29) is 11.8 Å². The van der Waals surface area contributed by atoms with Crippen LogP contribution in [-0.2, 0) is 19.1 Å². The lowest BCUT2D eigenvalue weighted by atomic mass is 9.99. The molecule has 1 heterocycles. The summed E-state index contributed by atoms with van der Waals surface area (Å²) in [5, 5.41) is 0. The van der Waals surface area contributed by atoms with Crippen LogP contribution in [0.15, 0.2) is 30.3 Å². The van der Waals surface area contributed by atoms with Gasteiger partial charge in [0.2, 0.25) is 0 Å². The second kappa shape index (κ2) is 4.08. The number of hydrogen-bond donors (Lipinski definition) is 0. The van der Waals surface area contributed by atoms with Gasteiger partial charge in [0.25, 0.3) is 0 Å². The molecule has 1 saturated carbocycles. The van der Waals surface area contributed by atoms with E-state index in [1.807, 2.05) is 30.3 Å². The third kappa shape index (κ3) is 1.74. The molecule has 0 spiro atoms. The highest BCUT2D eigenvalue weighted by Crippen LogP contribution is 2.69. The van der Waals surface area contributed by atoms with E-state index in [1.165, 1.54) is 0 Å². The van der Waals surface area contributed by atoms with Gasteiger partial charge in [0, 0.05) is 11.8 Å². The van der Waals surface area contributed by atoms with Gasteiger partial charge in [0.1, 0.15) is 5.60 Å². The lowest BCUT2D eigenvalue weighted by Crippen LogP contribution is -2.35. The third-order valence-electron chi connectivity index (χ3n) is 4.00. The molecule has 1 aromatic carbocycles. The van der Waals surface area contributed by atoms with Gasteiger partial charge in [-0.1, -0.05) is 30.3 Å². The van der Waals surface area contributed by atoms with Crippen molar-refractivity contribution in [2.75, 3.05) is 6.61 Å². The normalized spacial score (nSPS) is 31.4. The zero-order valence-electron chi connectivity index (χ0n) is 11.9. The standard InChI is InChI=1S/C16H18O4/c1-15(2,3)20-14(18)16-11(9-19-13(16)17)12(16)10-7-5-4-6-8-10/h4-8,11-12H,9H2,1-3H3. The summed E-state index contributed by atoms with van der Waals surface area (Å²) in [4.78, 5) is 24.6. The van der Waals surface area contributed by atoms with Gasteiger partial charge in [-0.25, -0.2) is 0 Å². The molecule has 4 nitrogen and oxygen atoms in total. The minimum atomic E-state index is -1.12. The number of fused-ring (bicyclic) bond motifs is 1. The molecule has 106 valence electrons. The van der Waals surface area contributed by atoms with Crippen molar-refractivity contribution < 1.29 is 19.1 Å². The highest BCUT2D eigenvalue weighted by Gasteiger charge is 2.80. The summed E-state index contributed by atoms with van der Waals surface area (Å²) < 4.78 is 10.5. The van der Waals surface area contributed by atoms with Crippen LogP contribution in [0.3, 0.4) is 0 Å². The van der Waals surface area contributed by atoms with Crippen molar-refractivity contribution in [1.29, 1.82) is 0 Å². The fourth-order valence-electron chi connectivity index (χ4n) is 3.13. The average Bonchev–Trinajstić information content (AvgIpc) is 2.94. The Kier molecular flexibility index (Phi) is 2.68. The fourth-order valence-corrected chi connectivity index (χ4v) is 3.13. The minimum absolute atomic E-state index is 0.0905. The monoisotopic (exact) mass is 274 g/mol. The van der Waals surface area contributed by atoms with Crippen LogP contribution in [0, 0.1) is 11.3 Å². The fraction of sp³-hybridized carbons (Fsp3) is 0.500. The number of rotatable bonds is 2. The molecule has 4 heteroatoms. The predicted molar refractivity (Wildman–Crippen MR) is 71.9 cm³/mol. The van der Waals surface area contributed by atoms with Gasteiger partial charge in [-0.3, -0.25) is 9.59 Å². The largest absolute Gasteiger partial charge is 0.464 e. The van der Waals surface area contributed by atoms with E-state index < -0.39 is 23.0 Å². The zero-order valence-corrected chi connectivity index (χ0v) is 11.9. The first kappa shape index (κ1) is 13.2. The lowest BCUT2D eigenvalue weighted by Gasteiger charge is -2.22. The topological polar surface area (TPSA) is 52.6 Å². The summed E-state index contributed by atoms with van der Waals surface area (Å²) in [6, 6.07) is 9.64. The van der Waals surface area contributed by atoms with E-state index in [0.29, 0.717) is 6.61 Å². The van der Waals surface area contributed by atoms with Crippen molar-refractivity contribution in [2.24, 2.45) is 11.3 Å². The lowest BCUT2D eigenvalue weighted by molar-refractivity contribution is -0.168. The number of ether oxygens (including phenoxy) is 2. The Morgan fingerprint density at radius 2 is 1.95 bits per heavy atom. The molecule has 0 bridgehead atoms. The maximum absolute atomic E-state index is 12.5. The molecule has 3 unspecified atom stereocenters. The smallest absolute Gasteiger partial charge is 0.325 e. The molecule has 1 aliphatic heterocycles. The Morgan fingerprint density at radius 3 is 2.55 bits per heavy atom. The minimum Gasteiger partial charge on any atom is -0.464 e. The van der Waals surface area contributed by atoms with Crippen molar-refractivity contribution in [3.63, 3.8) is 0 Å². The van der Waals surface area contributed by atoms with E-state index in [9.17, 15) is 9.59 Å². The van der Waals surface area contributed by atoms with Crippen LogP contribution in [0.2, 0.25) is 0 Å². The number of carbonyl (C=O) groups excluding carboxylic acids is 2. The zero-order chi connectivity index (χ0) is 14.5. The number of esters is 2. The number of carbonyl (C=O) groups is 2. The molecule has 3 atom stereocenters. The Balaban J connectivity index is 1.93. The molecule has 2 fully saturated rings. The molecule has 3 rings (SSSR count). The predicted octanol–water partition coefficient (Wildman–Crippen LogP) is 2.28. The van der Waals surface area contributed by atoms with Gasteiger partial charge < -0.3 is 9.47 Å². The van der Waals surface area contributed by atoms with Crippen LogP contribution in [-0.4, -0.2) is 24.1 Å². The maximum atomic E-state index is 12.5. The summed E-state index contributed by atoms with van der Waals surface area (Å²) in [5.74, 6) is -1.09. The SMILES string of the molecule is CC(C)(C)OC(=O)C12C(=O)OCC1C2c1ccccc1. The summed E-state index contributed by atoms with van der Waals surface area (Å²) in [5.41, 5.74) is -0.724. The molecule has 0 aromatic heterocycles. The van der Waals surface area contributed by atoms with E-state index in [0.717, 1.165) is 5.56 Å². The van der Waals surface area contributed by atoms with Gasteiger partial charge in [-0.2, -0.15) is 0 Å². The summed E-state index contributed by atoms with van der Waals surface area (Å²) >= 11 is 0. The molecule has 0 N–H and O–H groups in total. The Bertz CT molecular complexity index is 558. The molecular weight excluding hydrogens is 256 g/mol. The van der Waals surface area contributed by atoms with Gasteiger partial charge >= 0.3 is 11.9 Å². The molecule has 1 aromatic rings. The highest BCUT2D eigenvalue weighted by molar-refractivity contribution is 6.07. The van der Waals surface area contributed by atoms with Crippen LogP contribution >= 0.6 is 0 Å². The van der Waals surface area contributed by atoms with Gasteiger partial charge in [0.05, 0.1) is 6.61 Å². The van der Waals surface area contributed by atoms with Crippen LogP contribution in [0.25, 0.3) is 0 Å². The molecule has 0 radical (unpaired) electrons. The third-order valence-corrected chi connectivity index (χ3v) is 4.00. The molecule has 2 aliphatic rings. The maximum Gasteiger partial charge on any atom is 0.325 e. The molecule has 20 heavy (non-hydrogen) atoms. The van der Waals surface area contributed by atoms with Crippen LogP contribution in [0.5, 0.6) is 0 Å². The summed E-state index contributed by atoms with van der Waals surface area (Å²) in [6.07, 6.45) is 0. The van der Waals surface area contributed by atoms with E-state index in [4.69, 9.17) is 9.47 Å². The molecule has 1 aliphatic carbocycles. The van der Waals surface area contributed by atoms with Crippen molar-refractivity contribution in [1.82, 2.24) is 0 Å². The van der Waals surface area contributed by atoms with Crippen molar-refractivity contribution in [2.45, 2.75) is 32.3 Å². The van der Waals surface area contributed by atoms with Crippen LogP contribution in [0.4, 0.5) is 0 Å². The van der Waals surface area contributed by atoms with E-state index >= 15 is 0 Å². The second-order valence-corrected chi connectivity index (χ2v) is 6.46. The van der Waals surface area contributed by atoms with Crippen molar-refractivity contribution in [3.05, 3.63) is 35.9 Å². The molecular formula is C16H18O4. The Hall–Kier alpha value is -1.84. The Morgan fingerprint density at radius 1 is 1.30 bits per heavy atom. The van der Waals surface area contributed by atoms with Crippen LogP contribution in [0.1, 0.15) is 32.3 Å². The average molecular weight is 274 g/mol. The first-order chi connectivity index (χ1) is 9.37. The Labute approximate surface area is 118 Å². The summed E-state index contributed by atoms with van der Waals surface area (Å²) in [7, 11) is 0. The van der Waals surface area contributed by atoms with Gasteiger partial charge in [0.15, 0.2) is 5.41 Å². The number of hydrogen-bond acceptors (Lipinski definition) is 4. The van der Waals surface area contributed by atoms with Crippen LogP contribution < -0.4 is 0 Å².